The molecule has 0 spiro atoms. The molecule has 0 unspecified atom stereocenters. The van der Waals surface area contributed by atoms with Gasteiger partial charge in [0.25, 0.3) is 0 Å². The normalized spacial score (nSPS) is 10.8. The molecule has 5 heteroatoms. The standard InChI is InChI=1S/C17H16FN3O/c18-14-5-2-1-4-11(14)13-10-15(16-6-3-9-22-16)21-17(20)12(13)7-8-19/h1-6,9-10H,7-8,19H2,(H2,20,21). The van der Waals surface area contributed by atoms with Gasteiger partial charge in [-0.3, -0.25) is 0 Å². The number of benzene rings is 1. The van der Waals surface area contributed by atoms with Crippen molar-refractivity contribution in [1.82, 2.24) is 4.98 Å². The van der Waals surface area contributed by atoms with E-state index in [4.69, 9.17) is 15.9 Å². The van der Waals surface area contributed by atoms with E-state index in [0.29, 0.717) is 41.4 Å². The molecule has 0 aliphatic carbocycles. The lowest BCUT2D eigenvalue weighted by Gasteiger charge is -2.14. The number of halogens is 1. The predicted octanol–water partition coefficient (Wildman–Crippen LogP) is 3.23. The van der Waals surface area contributed by atoms with Gasteiger partial charge in [-0.1, -0.05) is 18.2 Å². The van der Waals surface area contributed by atoms with E-state index in [1.165, 1.54) is 6.07 Å². The van der Waals surface area contributed by atoms with Crippen LogP contribution in [0.3, 0.4) is 0 Å². The van der Waals surface area contributed by atoms with Crippen molar-refractivity contribution < 1.29 is 8.81 Å². The summed E-state index contributed by atoms with van der Waals surface area (Å²) in [7, 11) is 0. The summed E-state index contributed by atoms with van der Waals surface area (Å²) in [5.41, 5.74) is 14.2. The molecular weight excluding hydrogens is 281 g/mol. The average molecular weight is 297 g/mol. The molecule has 1 aromatic carbocycles. The third kappa shape index (κ3) is 2.58. The van der Waals surface area contributed by atoms with Crippen LogP contribution in [0, 0.1) is 5.82 Å². The molecule has 3 rings (SSSR count). The van der Waals surface area contributed by atoms with Crippen molar-refractivity contribution >= 4 is 5.82 Å². The zero-order chi connectivity index (χ0) is 15.5. The van der Waals surface area contributed by atoms with Gasteiger partial charge < -0.3 is 15.9 Å². The van der Waals surface area contributed by atoms with Crippen LogP contribution >= 0.6 is 0 Å². The smallest absolute Gasteiger partial charge is 0.152 e. The Morgan fingerprint density at radius 1 is 1.09 bits per heavy atom. The maximum absolute atomic E-state index is 14.2. The maximum Gasteiger partial charge on any atom is 0.152 e. The van der Waals surface area contributed by atoms with Gasteiger partial charge in [-0.05, 0) is 42.8 Å². The third-order valence-electron chi connectivity index (χ3n) is 3.49. The monoisotopic (exact) mass is 297 g/mol. The van der Waals surface area contributed by atoms with E-state index >= 15 is 0 Å². The fraction of sp³-hybridized carbons (Fsp3) is 0.118. The van der Waals surface area contributed by atoms with Gasteiger partial charge in [0.1, 0.15) is 17.3 Å². The SMILES string of the molecule is NCCc1c(-c2ccccc2F)cc(-c2ccco2)nc1N. The van der Waals surface area contributed by atoms with Gasteiger partial charge in [0.05, 0.1) is 6.26 Å². The number of hydrogen-bond acceptors (Lipinski definition) is 4. The summed E-state index contributed by atoms with van der Waals surface area (Å²) >= 11 is 0. The quantitative estimate of drug-likeness (QED) is 0.775. The largest absolute Gasteiger partial charge is 0.463 e. The maximum atomic E-state index is 14.2. The first-order valence-electron chi connectivity index (χ1n) is 6.99. The number of aromatic nitrogens is 1. The van der Waals surface area contributed by atoms with E-state index < -0.39 is 0 Å². The van der Waals surface area contributed by atoms with Crippen molar-refractivity contribution in [2.24, 2.45) is 5.73 Å². The van der Waals surface area contributed by atoms with Gasteiger partial charge in [0, 0.05) is 11.1 Å². The summed E-state index contributed by atoms with van der Waals surface area (Å²) < 4.78 is 19.5. The minimum atomic E-state index is -0.309. The van der Waals surface area contributed by atoms with Crippen LogP contribution in [0.4, 0.5) is 10.2 Å². The Balaban J connectivity index is 2.23. The molecule has 4 N–H and O–H groups in total. The lowest BCUT2D eigenvalue weighted by molar-refractivity contribution is 0.580. The molecule has 0 aliphatic heterocycles. The predicted molar refractivity (Wildman–Crippen MR) is 84.5 cm³/mol. The topological polar surface area (TPSA) is 78.1 Å². The molecule has 3 aromatic rings. The van der Waals surface area contributed by atoms with E-state index in [9.17, 15) is 4.39 Å². The molecule has 0 saturated heterocycles. The molecule has 0 bridgehead atoms. The number of nitrogen functional groups attached to an aromatic ring is 1. The molecule has 0 radical (unpaired) electrons. The highest BCUT2D eigenvalue weighted by Crippen LogP contribution is 2.33. The minimum absolute atomic E-state index is 0.309. The Hall–Kier alpha value is -2.66. The van der Waals surface area contributed by atoms with Crippen molar-refractivity contribution in [2.75, 3.05) is 12.3 Å². The van der Waals surface area contributed by atoms with E-state index in [-0.39, 0.29) is 5.82 Å². The van der Waals surface area contributed by atoms with Crippen LogP contribution in [-0.2, 0) is 6.42 Å². The number of furan rings is 1. The first-order chi connectivity index (χ1) is 10.7. The molecule has 0 saturated carbocycles. The minimum Gasteiger partial charge on any atom is -0.463 e. The van der Waals surface area contributed by atoms with Gasteiger partial charge >= 0.3 is 0 Å². The molecule has 2 aromatic heterocycles. The number of rotatable bonds is 4. The van der Waals surface area contributed by atoms with Crippen LogP contribution in [0.1, 0.15) is 5.56 Å². The summed E-state index contributed by atoms with van der Waals surface area (Å²) in [5, 5.41) is 0. The molecular formula is C17H16FN3O. The molecule has 112 valence electrons. The summed E-state index contributed by atoms with van der Waals surface area (Å²) in [5.74, 6) is 0.623. The van der Waals surface area contributed by atoms with Crippen molar-refractivity contribution in [3.63, 3.8) is 0 Å². The Labute approximate surface area is 127 Å². The number of hydrogen-bond donors (Lipinski definition) is 2. The summed E-state index contributed by atoms with van der Waals surface area (Å²) in [6.45, 7) is 0.410. The lowest BCUT2D eigenvalue weighted by Crippen LogP contribution is -2.09. The number of nitrogens with zero attached hydrogens (tertiary/aromatic N) is 1. The second-order valence-corrected chi connectivity index (χ2v) is 4.91. The van der Waals surface area contributed by atoms with E-state index in [0.717, 1.165) is 5.56 Å². The van der Waals surface area contributed by atoms with E-state index in [2.05, 4.69) is 4.98 Å². The zero-order valence-electron chi connectivity index (χ0n) is 11.9. The molecule has 0 atom stereocenters. The number of anilines is 1. The van der Waals surface area contributed by atoms with Crippen LogP contribution in [0.15, 0.2) is 53.1 Å². The molecule has 22 heavy (non-hydrogen) atoms. The van der Waals surface area contributed by atoms with Gasteiger partial charge in [0.15, 0.2) is 5.76 Å². The second kappa shape index (κ2) is 5.99. The Kier molecular flexibility index (Phi) is 3.89. The third-order valence-corrected chi connectivity index (χ3v) is 3.49. The molecule has 2 heterocycles. The number of nitrogens with two attached hydrogens (primary N) is 2. The lowest BCUT2D eigenvalue weighted by atomic mass is 9.97. The average Bonchev–Trinajstić information content (AvgIpc) is 3.04. The second-order valence-electron chi connectivity index (χ2n) is 4.91. The highest BCUT2D eigenvalue weighted by atomic mass is 19.1. The van der Waals surface area contributed by atoms with Gasteiger partial charge in [-0.25, -0.2) is 9.37 Å². The Morgan fingerprint density at radius 2 is 1.91 bits per heavy atom. The highest BCUT2D eigenvalue weighted by Gasteiger charge is 2.16. The molecule has 4 nitrogen and oxygen atoms in total. The van der Waals surface area contributed by atoms with Crippen molar-refractivity contribution in [2.45, 2.75) is 6.42 Å². The van der Waals surface area contributed by atoms with Crippen LogP contribution in [0.2, 0.25) is 0 Å². The molecule has 0 aliphatic rings. The van der Waals surface area contributed by atoms with Crippen molar-refractivity contribution in [3.05, 3.63) is 60.1 Å². The summed E-state index contributed by atoms with van der Waals surface area (Å²) in [6, 6.07) is 11.9. The fourth-order valence-corrected chi connectivity index (χ4v) is 2.47. The number of pyridine rings is 1. The van der Waals surface area contributed by atoms with E-state index in [1.807, 2.05) is 0 Å². The van der Waals surface area contributed by atoms with Crippen LogP contribution < -0.4 is 11.5 Å². The van der Waals surface area contributed by atoms with Crippen molar-refractivity contribution in [3.8, 4) is 22.6 Å². The first-order valence-corrected chi connectivity index (χ1v) is 6.99. The Bertz CT molecular complexity index is 785. The van der Waals surface area contributed by atoms with Gasteiger partial charge in [-0.2, -0.15) is 0 Å². The van der Waals surface area contributed by atoms with Crippen LogP contribution in [0.25, 0.3) is 22.6 Å². The highest BCUT2D eigenvalue weighted by molar-refractivity contribution is 5.76. The van der Waals surface area contributed by atoms with Crippen molar-refractivity contribution in [1.29, 1.82) is 0 Å². The van der Waals surface area contributed by atoms with Crippen LogP contribution in [-0.4, -0.2) is 11.5 Å². The Morgan fingerprint density at radius 3 is 2.59 bits per heavy atom. The van der Waals surface area contributed by atoms with Crippen LogP contribution in [0.5, 0.6) is 0 Å². The van der Waals surface area contributed by atoms with E-state index in [1.54, 1.807) is 42.7 Å². The molecule has 0 amide bonds. The summed E-state index contributed by atoms with van der Waals surface area (Å²) in [6.07, 6.45) is 2.09. The van der Waals surface area contributed by atoms with Gasteiger partial charge in [0.2, 0.25) is 0 Å². The zero-order valence-corrected chi connectivity index (χ0v) is 11.9. The molecule has 0 fully saturated rings. The summed E-state index contributed by atoms with van der Waals surface area (Å²) in [4.78, 5) is 4.36. The first kappa shape index (κ1) is 14.3. The fourth-order valence-electron chi connectivity index (χ4n) is 2.47. The van der Waals surface area contributed by atoms with Gasteiger partial charge in [-0.15, -0.1) is 0 Å².